The quantitative estimate of drug-likeness (QED) is 0.625. The molecule has 0 unspecified atom stereocenters. The van der Waals surface area contributed by atoms with Gasteiger partial charge in [-0.3, -0.25) is 4.79 Å². The fraction of sp³-hybridized carbons (Fsp3) is 0.750. The Morgan fingerprint density at radius 2 is 1.70 bits per heavy atom. The van der Waals surface area contributed by atoms with E-state index in [2.05, 4.69) is 5.32 Å². The third-order valence-electron chi connectivity index (χ3n) is 4.39. The molecule has 0 fully saturated rings. The summed E-state index contributed by atoms with van der Waals surface area (Å²) >= 11 is 0. The molecule has 7 nitrogen and oxygen atoms in total. The van der Waals surface area contributed by atoms with Crippen LogP contribution in [0.25, 0.3) is 0 Å². The first kappa shape index (κ1) is 24.9. The predicted molar refractivity (Wildman–Crippen MR) is 105 cm³/mol. The van der Waals surface area contributed by atoms with Crippen molar-refractivity contribution < 1.29 is 24.2 Å². The number of aliphatic carboxylic acids is 1. The number of rotatable bonds is 8. The maximum absolute atomic E-state index is 13.1. The number of likely N-dealkylation sites (N-methyl/N-ethyl adjacent to an activating group) is 1. The number of nitrogens with one attached hydrogen (secondary N) is 1. The highest BCUT2D eigenvalue weighted by Crippen LogP contribution is 2.18. The van der Waals surface area contributed by atoms with Gasteiger partial charge in [-0.15, -0.1) is 0 Å². The summed E-state index contributed by atoms with van der Waals surface area (Å²) in [6.45, 7) is 14.4. The summed E-state index contributed by atoms with van der Waals surface area (Å²) in [6, 6.07) is -1.16. The number of carboxylic acids is 1. The van der Waals surface area contributed by atoms with Crippen molar-refractivity contribution >= 4 is 18.0 Å². The summed E-state index contributed by atoms with van der Waals surface area (Å²) in [6.07, 6.45) is 1.62. The standard InChI is InChI=1S/C20H36N2O5/c1-10-13(4)16(21-19(26)27-20(6,7)8)17(23)22(9)15(12(2)3)11-14(5)18(24)25/h11-13,15-16H,10H2,1-9H3,(H,21,26)(H,24,25)/b14-11+/t13-,15+,16-/m0/s1. The zero-order chi connectivity index (χ0) is 21.5. The summed E-state index contributed by atoms with van der Waals surface area (Å²) in [4.78, 5) is 38.0. The molecule has 7 heteroatoms. The van der Waals surface area contributed by atoms with E-state index in [9.17, 15) is 14.4 Å². The summed E-state index contributed by atoms with van der Waals surface area (Å²) in [5.74, 6) is -1.40. The molecule has 0 rings (SSSR count). The molecule has 0 aliphatic carbocycles. The van der Waals surface area contributed by atoms with Crippen LogP contribution in [0.2, 0.25) is 0 Å². The molecule has 0 aliphatic heterocycles. The van der Waals surface area contributed by atoms with Crippen molar-refractivity contribution in [1.82, 2.24) is 10.2 Å². The van der Waals surface area contributed by atoms with Crippen LogP contribution in [0.3, 0.4) is 0 Å². The molecule has 0 saturated heterocycles. The number of hydrogen-bond acceptors (Lipinski definition) is 4. The first-order chi connectivity index (χ1) is 12.2. The van der Waals surface area contributed by atoms with Gasteiger partial charge in [-0.1, -0.05) is 40.2 Å². The molecule has 0 aromatic heterocycles. The van der Waals surface area contributed by atoms with Gasteiger partial charge in [0.2, 0.25) is 5.91 Å². The van der Waals surface area contributed by atoms with E-state index in [1.54, 1.807) is 33.9 Å². The van der Waals surface area contributed by atoms with Gasteiger partial charge in [-0.2, -0.15) is 0 Å². The van der Waals surface area contributed by atoms with E-state index in [1.807, 2.05) is 27.7 Å². The number of amides is 2. The molecule has 2 N–H and O–H groups in total. The second kappa shape index (κ2) is 10.3. The Bertz CT molecular complexity index is 563. The Morgan fingerprint density at radius 1 is 1.19 bits per heavy atom. The summed E-state index contributed by atoms with van der Waals surface area (Å²) in [7, 11) is 1.63. The zero-order valence-corrected chi connectivity index (χ0v) is 18.1. The van der Waals surface area contributed by atoms with Crippen LogP contribution in [0.1, 0.15) is 61.8 Å². The first-order valence-electron chi connectivity index (χ1n) is 9.39. The third-order valence-corrected chi connectivity index (χ3v) is 4.39. The fourth-order valence-corrected chi connectivity index (χ4v) is 2.56. The Hall–Kier alpha value is -2.05. The number of ether oxygens (including phenoxy) is 1. The van der Waals surface area contributed by atoms with E-state index in [-0.39, 0.29) is 23.3 Å². The van der Waals surface area contributed by atoms with E-state index in [4.69, 9.17) is 9.84 Å². The predicted octanol–water partition coefficient (Wildman–Crippen LogP) is 3.44. The average molecular weight is 385 g/mol. The fourth-order valence-electron chi connectivity index (χ4n) is 2.56. The third kappa shape index (κ3) is 8.45. The lowest BCUT2D eigenvalue weighted by molar-refractivity contribution is -0.136. The molecule has 0 aliphatic rings. The SMILES string of the molecule is CC[C@H](C)[C@H](NC(=O)OC(C)(C)C)C(=O)N(C)[C@H](/C=C(\C)C(=O)O)C(C)C. The normalized spacial score (nSPS) is 15.7. The van der Waals surface area contributed by atoms with Gasteiger partial charge >= 0.3 is 12.1 Å². The van der Waals surface area contributed by atoms with Crippen molar-refractivity contribution in [2.24, 2.45) is 11.8 Å². The lowest BCUT2D eigenvalue weighted by Gasteiger charge is -2.34. The van der Waals surface area contributed by atoms with Gasteiger partial charge in [0, 0.05) is 12.6 Å². The topological polar surface area (TPSA) is 95.9 Å². The van der Waals surface area contributed by atoms with Crippen LogP contribution in [0.15, 0.2) is 11.6 Å². The van der Waals surface area contributed by atoms with Gasteiger partial charge in [0.25, 0.3) is 0 Å². The van der Waals surface area contributed by atoms with Crippen molar-refractivity contribution in [3.05, 3.63) is 11.6 Å². The number of nitrogens with zero attached hydrogens (tertiary/aromatic N) is 1. The minimum absolute atomic E-state index is 0.00681. The van der Waals surface area contributed by atoms with Crippen LogP contribution >= 0.6 is 0 Å². The molecule has 0 radical (unpaired) electrons. The number of hydrogen-bond donors (Lipinski definition) is 2. The molecular weight excluding hydrogens is 348 g/mol. The Morgan fingerprint density at radius 3 is 2.07 bits per heavy atom. The molecule has 156 valence electrons. The van der Waals surface area contributed by atoms with E-state index in [0.29, 0.717) is 6.42 Å². The van der Waals surface area contributed by atoms with Crippen molar-refractivity contribution in [3.8, 4) is 0 Å². The number of carboxylic acid groups (broad SMARTS) is 1. The second-order valence-corrected chi connectivity index (χ2v) is 8.35. The van der Waals surface area contributed by atoms with Crippen LogP contribution in [0.5, 0.6) is 0 Å². The first-order valence-corrected chi connectivity index (χ1v) is 9.39. The largest absolute Gasteiger partial charge is 0.478 e. The molecule has 0 bridgehead atoms. The second-order valence-electron chi connectivity index (χ2n) is 8.35. The Labute approximate surface area is 163 Å². The smallest absolute Gasteiger partial charge is 0.408 e. The van der Waals surface area contributed by atoms with Crippen LogP contribution in [-0.2, 0) is 14.3 Å². The Kier molecular flexibility index (Phi) is 9.54. The highest BCUT2D eigenvalue weighted by Gasteiger charge is 2.33. The van der Waals surface area contributed by atoms with Crippen molar-refractivity contribution in [3.63, 3.8) is 0 Å². The molecule has 27 heavy (non-hydrogen) atoms. The number of carbonyl (C=O) groups is 3. The van der Waals surface area contributed by atoms with Gasteiger partial charge in [0.05, 0.1) is 6.04 Å². The lowest BCUT2D eigenvalue weighted by atomic mass is 9.95. The monoisotopic (exact) mass is 384 g/mol. The van der Waals surface area contributed by atoms with Gasteiger partial charge in [0.15, 0.2) is 0 Å². The molecule has 0 saturated carbocycles. The maximum Gasteiger partial charge on any atom is 0.408 e. The summed E-state index contributed by atoms with van der Waals surface area (Å²) in [5.41, 5.74) is -0.491. The molecule has 0 heterocycles. The van der Waals surface area contributed by atoms with Crippen molar-refractivity contribution in [1.29, 1.82) is 0 Å². The van der Waals surface area contributed by atoms with Crippen molar-refractivity contribution in [2.75, 3.05) is 7.05 Å². The zero-order valence-electron chi connectivity index (χ0n) is 18.1. The Balaban J connectivity index is 5.59. The van der Waals surface area contributed by atoms with Crippen LogP contribution < -0.4 is 5.32 Å². The van der Waals surface area contributed by atoms with Crippen molar-refractivity contribution in [2.45, 2.75) is 79.5 Å². The molecule has 2 amide bonds. The van der Waals surface area contributed by atoms with Crippen LogP contribution in [0, 0.1) is 11.8 Å². The molecule has 0 aromatic rings. The summed E-state index contributed by atoms with van der Waals surface area (Å²) in [5, 5.41) is 11.8. The van der Waals surface area contributed by atoms with Gasteiger partial charge in [0.1, 0.15) is 11.6 Å². The molecule has 3 atom stereocenters. The number of carbonyl (C=O) groups excluding carboxylic acids is 2. The average Bonchev–Trinajstić information content (AvgIpc) is 2.53. The van der Waals surface area contributed by atoms with Gasteiger partial charge < -0.3 is 20.1 Å². The van der Waals surface area contributed by atoms with E-state index >= 15 is 0 Å². The lowest BCUT2D eigenvalue weighted by Crippen LogP contribution is -2.54. The number of alkyl carbamates (subject to hydrolysis) is 1. The molecular formula is C20H36N2O5. The summed E-state index contributed by atoms with van der Waals surface area (Å²) < 4.78 is 5.29. The van der Waals surface area contributed by atoms with Gasteiger partial charge in [-0.25, -0.2) is 9.59 Å². The van der Waals surface area contributed by atoms with E-state index in [0.717, 1.165) is 0 Å². The van der Waals surface area contributed by atoms with Crippen LogP contribution in [0.4, 0.5) is 4.79 Å². The highest BCUT2D eigenvalue weighted by atomic mass is 16.6. The van der Waals surface area contributed by atoms with E-state index < -0.39 is 29.7 Å². The highest BCUT2D eigenvalue weighted by molar-refractivity contribution is 5.88. The molecule has 0 spiro atoms. The van der Waals surface area contributed by atoms with Crippen LogP contribution in [-0.4, -0.2) is 52.7 Å². The molecule has 0 aromatic carbocycles. The van der Waals surface area contributed by atoms with E-state index in [1.165, 1.54) is 11.8 Å². The van der Waals surface area contributed by atoms with Gasteiger partial charge in [-0.05, 0) is 39.5 Å². The minimum atomic E-state index is -1.02. The minimum Gasteiger partial charge on any atom is -0.478 e. The maximum atomic E-state index is 13.1.